The number of hydrogen-bond donors (Lipinski definition) is 0. The first-order chi connectivity index (χ1) is 23.0. The summed E-state index contributed by atoms with van der Waals surface area (Å²) >= 11 is 0. The van der Waals surface area contributed by atoms with Crippen molar-refractivity contribution in [2.24, 2.45) is 0 Å². The topological polar surface area (TPSA) is 134 Å². The van der Waals surface area contributed by atoms with Crippen LogP contribution in [0.1, 0.15) is 12.0 Å². The predicted molar refractivity (Wildman–Crippen MR) is 157 cm³/mol. The number of aryl methyl sites for hydroxylation is 1. The summed E-state index contributed by atoms with van der Waals surface area (Å²) in [4.78, 5) is 11.7. The Morgan fingerprint density at radius 1 is 0.521 bits per heavy atom. The minimum Gasteiger partial charge on any atom is -0.420 e. The van der Waals surface area contributed by atoms with Crippen LogP contribution in [0.5, 0.6) is 5.75 Å². The molecule has 0 saturated carbocycles. The minimum atomic E-state index is -3.81. The van der Waals surface area contributed by atoms with Crippen LogP contribution in [0.3, 0.4) is 0 Å². The molecule has 0 heterocycles. The highest BCUT2D eigenvalue weighted by Crippen LogP contribution is 2.29. The van der Waals surface area contributed by atoms with Gasteiger partial charge >= 0.3 is 5.97 Å². The van der Waals surface area contributed by atoms with Gasteiger partial charge in [0.05, 0.1) is 110 Å². The molecule has 0 radical (unpaired) electrons. The van der Waals surface area contributed by atoms with Crippen LogP contribution in [0.4, 0.5) is 22.0 Å². The van der Waals surface area contributed by atoms with E-state index in [2.05, 4.69) is 4.74 Å². The highest BCUT2D eigenvalue weighted by Gasteiger charge is 2.28. The van der Waals surface area contributed by atoms with Crippen LogP contribution in [-0.4, -0.2) is 113 Å². The molecule has 0 bridgehead atoms. The van der Waals surface area contributed by atoms with Gasteiger partial charge in [0.15, 0.2) is 0 Å². The van der Waals surface area contributed by atoms with Crippen molar-refractivity contribution in [2.75, 3.05) is 99.1 Å². The molecular formula is C30H39F5O12S. The van der Waals surface area contributed by atoms with Gasteiger partial charge in [-0.25, -0.2) is 13.2 Å². The molecule has 0 aliphatic heterocycles. The Bertz CT molecular complexity index is 1300. The smallest absolute Gasteiger partial charge is 0.313 e. The molecule has 0 N–H and O–H groups in total. The molecule has 2 aromatic carbocycles. The van der Waals surface area contributed by atoms with E-state index in [0.29, 0.717) is 46.2 Å². The van der Waals surface area contributed by atoms with Crippen molar-refractivity contribution >= 4 is 16.1 Å². The van der Waals surface area contributed by atoms with E-state index in [1.807, 2.05) is 6.92 Å². The van der Waals surface area contributed by atoms with E-state index in [0.717, 1.165) is 5.56 Å². The quantitative estimate of drug-likeness (QED) is 0.0255. The van der Waals surface area contributed by atoms with Gasteiger partial charge in [-0.3, -0.25) is 8.98 Å². The Morgan fingerprint density at radius 3 is 1.25 bits per heavy atom. The van der Waals surface area contributed by atoms with Gasteiger partial charge in [0.1, 0.15) is 0 Å². The summed E-state index contributed by atoms with van der Waals surface area (Å²) in [7, 11) is -3.81. The number of carbonyl (C=O) groups is 1. The summed E-state index contributed by atoms with van der Waals surface area (Å²) in [5, 5.41) is 0. The number of benzene rings is 2. The Labute approximate surface area is 275 Å². The van der Waals surface area contributed by atoms with Gasteiger partial charge in [0.25, 0.3) is 10.1 Å². The van der Waals surface area contributed by atoms with Crippen molar-refractivity contribution in [3.05, 3.63) is 58.9 Å². The van der Waals surface area contributed by atoms with Gasteiger partial charge in [0, 0.05) is 0 Å². The first-order valence-corrected chi connectivity index (χ1v) is 16.2. The van der Waals surface area contributed by atoms with E-state index < -0.39 is 57.3 Å². The van der Waals surface area contributed by atoms with Crippen LogP contribution >= 0.6 is 0 Å². The average molecular weight is 719 g/mol. The van der Waals surface area contributed by atoms with Gasteiger partial charge < -0.3 is 37.9 Å². The van der Waals surface area contributed by atoms with Gasteiger partial charge in [-0.15, -0.1) is 0 Å². The molecule has 0 aliphatic rings. The van der Waals surface area contributed by atoms with E-state index in [4.69, 9.17) is 37.3 Å². The molecule has 0 amide bonds. The lowest BCUT2D eigenvalue weighted by atomic mass is 10.2. The number of esters is 1. The molecule has 2 aromatic rings. The maximum atomic E-state index is 13.5. The summed E-state index contributed by atoms with van der Waals surface area (Å²) < 4.78 is 137. The summed E-state index contributed by atoms with van der Waals surface area (Å²) in [6.07, 6.45) is -0.498. The number of ether oxygens (including phenoxy) is 8. The summed E-state index contributed by atoms with van der Waals surface area (Å²) in [6.45, 7) is 5.09. The predicted octanol–water partition coefficient (Wildman–Crippen LogP) is 3.51. The van der Waals surface area contributed by atoms with Crippen molar-refractivity contribution in [3.8, 4) is 5.75 Å². The van der Waals surface area contributed by atoms with Crippen LogP contribution in [0, 0.1) is 36.0 Å². The molecular weight excluding hydrogens is 679 g/mol. The lowest BCUT2D eigenvalue weighted by Gasteiger charge is -2.09. The Balaban J connectivity index is 1.29. The molecule has 0 unspecified atom stereocenters. The van der Waals surface area contributed by atoms with Crippen LogP contribution in [0.2, 0.25) is 0 Å². The SMILES string of the molecule is Cc1ccc(S(=O)(=O)OCCOCCOCCOCCOCCOCCOCCOCCC(=O)Oc2c(F)c(F)c(F)c(F)c2F)cc1. The number of halogens is 5. The molecule has 0 spiro atoms. The van der Waals surface area contributed by atoms with E-state index in [9.17, 15) is 35.2 Å². The van der Waals surface area contributed by atoms with Crippen LogP contribution < -0.4 is 4.74 Å². The van der Waals surface area contributed by atoms with E-state index >= 15 is 0 Å². The zero-order chi connectivity index (χ0) is 35.2. The van der Waals surface area contributed by atoms with Crippen LogP contribution in [0.25, 0.3) is 0 Å². The lowest BCUT2D eigenvalue weighted by molar-refractivity contribution is -0.136. The average Bonchev–Trinajstić information content (AvgIpc) is 3.07. The van der Waals surface area contributed by atoms with Crippen LogP contribution in [-0.2, 0) is 52.3 Å². The standard InChI is InChI=1S/C30H39F5O12S/c1-22-2-4-23(5-3-22)48(37,38)46-21-20-45-19-18-44-17-16-43-15-14-42-13-12-41-11-10-40-9-8-39-7-6-24(36)47-30-28(34)26(32)25(31)27(33)29(30)35/h2-5H,6-21H2,1H3. The fourth-order valence-electron chi connectivity index (χ4n) is 3.39. The van der Waals surface area contributed by atoms with E-state index in [-0.39, 0.29) is 57.8 Å². The molecule has 12 nitrogen and oxygen atoms in total. The normalized spacial score (nSPS) is 11.7. The monoisotopic (exact) mass is 718 g/mol. The molecule has 272 valence electrons. The molecule has 0 saturated heterocycles. The fraction of sp³-hybridized carbons (Fsp3) is 0.567. The van der Waals surface area contributed by atoms with Gasteiger partial charge in [-0.05, 0) is 19.1 Å². The maximum absolute atomic E-state index is 13.5. The zero-order valence-corrected chi connectivity index (χ0v) is 27.1. The van der Waals surface area contributed by atoms with Gasteiger partial charge in [0.2, 0.25) is 34.8 Å². The third-order valence-electron chi connectivity index (χ3n) is 5.84. The third-order valence-corrected chi connectivity index (χ3v) is 7.17. The summed E-state index contributed by atoms with van der Waals surface area (Å²) in [5.41, 5.74) is 0.947. The number of rotatable bonds is 27. The van der Waals surface area contributed by atoms with Crippen molar-refractivity contribution in [2.45, 2.75) is 18.2 Å². The molecule has 48 heavy (non-hydrogen) atoms. The fourth-order valence-corrected chi connectivity index (χ4v) is 4.28. The first kappa shape index (κ1) is 41.4. The highest BCUT2D eigenvalue weighted by molar-refractivity contribution is 7.86. The summed E-state index contributed by atoms with van der Waals surface area (Å²) in [6, 6.07) is 6.36. The molecule has 0 atom stereocenters. The van der Waals surface area contributed by atoms with Crippen molar-refractivity contribution in [3.63, 3.8) is 0 Å². The molecule has 2 rings (SSSR count). The number of carbonyl (C=O) groups excluding carboxylic acids is 1. The van der Waals surface area contributed by atoms with Gasteiger partial charge in [-0.1, -0.05) is 17.7 Å². The first-order valence-electron chi connectivity index (χ1n) is 14.8. The third kappa shape index (κ3) is 16.1. The number of hydrogen-bond acceptors (Lipinski definition) is 12. The van der Waals surface area contributed by atoms with E-state index in [1.54, 1.807) is 12.1 Å². The molecule has 0 aromatic heterocycles. The zero-order valence-electron chi connectivity index (χ0n) is 26.3. The van der Waals surface area contributed by atoms with Crippen LogP contribution in [0.15, 0.2) is 29.2 Å². The Morgan fingerprint density at radius 2 is 0.854 bits per heavy atom. The maximum Gasteiger partial charge on any atom is 0.313 e. The second-order valence-electron chi connectivity index (χ2n) is 9.50. The second-order valence-corrected chi connectivity index (χ2v) is 11.1. The summed E-state index contributed by atoms with van der Waals surface area (Å²) in [5.74, 6) is -14.2. The van der Waals surface area contributed by atoms with Crippen molar-refractivity contribution in [1.82, 2.24) is 0 Å². The van der Waals surface area contributed by atoms with Crippen molar-refractivity contribution in [1.29, 1.82) is 0 Å². The second kappa shape index (κ2) is 23.5. The minimum absolute atomic E-state index is 0.0663. The highest BCUT2D eigenvalue weighted by atomic mass is 32.2. The lowest BCUT2D eigenvalue weighted by Crippen LogP contribution is -2.16. The molecule has 0 aliphatic carbocycles. The van der Waals surface area contributed by atoms with Crippen molar-refractivity contribution < 1.29 is 77.2 Å². The Kier molecular flexibility index (Phi) is 20.3. The van der Waals surface area contributed by atoms with E-state index in [1.165, 1.54) is 12.1 Å². The largest absolute Gasteiger partial charge is 0.420 e. The molecule has 0 fully saturated rings. The Hall–Kier alpha value is -2.81. The van der Waals surface area contributed by atoms with Gasteiger partial charge in [-0.2, -0.15) is 17.2 Å². The molecule has 18 heteroatoms.